The summed E-state index contributed by atoms with van der Waals surface area (Å²) in [7, 11) is 5.00. The minimum absolute atomic E-state index is 0.0205. The van der Waals surface area contributed by atoms with Crippen LogP contribution in [0.2, 0.25) is 0 Å². The zero-order valence-electron chi connectivity index (χ0n) is 23.9. The number of hydrogen-bond donors (Lipinski definition) is 0. The molecule has 0 aromatic heterocycles. The van der Waals surface area contributed by atoms with E-state index in [0.29, 0.717) is 0 Å². The molecule has 4 aliphatic rings. The monoisotopic (exact) mass is 495 g/mol. The molecule has 5 rings (SSSR count). The van der Waals surface area contributed by atoms with Crippen molar-refractivity contribution in [3.05, 3.63) is 34.4 Å². The first-order chi connectivity index (χ1) is 16.8. The van der Waals surface area contributed by atoms with Crippen LogP contribution < -0.4 is 9.47 Å². The normalized spacial score (nSPS) is 39.6. The van der Waals surface area contributed by atoms with E-state index in [1.165, 1.54) is 30.2 Å². The van der Waals surface area contributed by atoms with E-state index < -0.39 is 5.41 Å². The summed E-state index contributed by atoms with van der Waals surface area (Å²) < 4.78 is 16.8. The molecule has 0 radical (unpaired) electrons. The van der Waals surface area contributed by atoms with Gasteiger partial charge in [-0.05, 0) is 95.4 Å². The first-order valence-electron chi connectivity index (χ1n) is 13.7. The van der Waals surface area contributed by atoms with Gasteiger partial charge in [-0.1, -0.05) is 25.5 Å². The number of benzene rings is 1. The molecule has 198 valence electrons. The van der Waals surface area contributed by atoms with Crippen molar-refractivity contribution in [1.82, 2.24) is 4.90 Å². The van der Waals surface area contributed by atoms with Crippen LogP contribution in [0.3, 0.4) is 0 Å². The third kappa shape index (κ3) is 3.07. The number of esters is 1. The molecule has 3 fully saturated rings. The highest BCUT2D eigenvalue weighted by Crippen LogP contribution is 2.67. The highest BCUT2D eigenvalue weighted by atomic mass is 16.5. The Kier molecular flexibility index (Phi) is 5.69. The first kappa shape index (κ1) is 25.6. The molecule has 5 heteroatoms. The molecule has 36 heavy (non-hydrogen) atoms. The van der Waals surface area contributed by atoms with Crippen LogP contribution in [0.4, 0.5) is 0 Å². The Bertz CT molecular complexity index is 1140. The van der Waals surface area contributed by atoms with Crippen molar-refractivity contribution in [2.24, 2.45) is 10.8 Å². The molecule has 1 aromatic rings. The van der Waals surface area contributed by atoms with E-state index >= 15 is 0 Å². The molecule has 2 aliphatic heterocycles. The lowest BCUT2D eigenvalue weighted by Crippen LogP contribution is -2.74. The topological polar surface area (TPSA) is 48.0 Å². The number of allylic oxidation sites excluding steroid dienone is 1. The third-order valence-electron chi connectivity index (χ3n) is 11.4. The van der Waals surface area contributed by atoms with Gasteiger partial charge in [0.25, 0.3) is 0 Å². The molecular formula is C31H45NO4. The second-order valence-electron chi connectivity index (χ2n) is 13.2. The van der Waals surface area contributed by atoms with Crippen LogP contribution in [-0.2, 0) is 21.4 Å². The summed E-state index contributed by atoms with van der Waals surface area (Å²) in [5.41, 5.74) is 5.20. The summed E-state index contributed by atoms with van der Waals surface area (Å²) in [6, 6.07) is 2.25. The van der Waals surface area contributed by atoms with Gasteiger partial charge in [0.1, 0.15) is 0 Å². The van der Waals surface area contributed by atoms with E-state index in [4.69, 9.17) is 14.2 Å². The summed E-state index contributed by atoms with van der Waals surface area (Å²) >= 11 is 0. The molecule has 0 bridgehead atoms. The first-order valence-corrected chi connectivity index (χ1v) is 13.7. The number of fused-ring (bicyclic) bond motifs is 7. The van der Waals surface area contributed by atoms with Crippen LogP contribution >= 0.6 is 0 Å². The summed E-state index contributed by atoms with van der Waals surface area (Å²) in [6.07, 6.45) is 9.91. The number of hydrogen-bond acceptors (Lipinski definition) is 5. The van der Waals surface area contributed by atoms with Gasteiger partial charge in [0.05, 0.1) is 26.7 Å². The van der Waals surface area contributed by atoms with Gasteiger partial charge in [-0.25, -0.2) is 0 Å². The van der Waals surface area contributed by atoms with Crippen LogP contribution in [0.5, 0.6) is 11.5 Å². The zero-order valence-corrected chi connectivity index (χ0v) is 23.9. The standard InChI is InChI=1S/C31H45NO4/c1-20-21-10-11-24-29(4,22(21)18-23(34-7)25(20)35-8)15-17-31(6)30(24,5)16-14-28(3)13-12-27(2,19-32(28)31)26(33)36-9/h11,18H,10,12-17,19H2,1-9H3/t27-,28-,29+,30-,31-/m1/s1. The molecule has 1 saturated carbocycles. The number of methoxy groups -OCH3 is 3. The van der Waals surface area contributed by atoms with E-state index in [-0.39, 0.29) is 27.9 Å². The van der Waals surface area contributed by atoms with Gasteiger partial charge in [-0.2, -0.15) is 0 Å². The number of rotatable bonds is 3. The van der Waals surface area contributed by atoms with Crippen molar-refractivity contribution in [3.8, 4) is 11.5 Å². The third-order valence-corrected chi connectivity index (χ3v) is 11.4. The minimum atomic E-state index is -0.454. The number of piperidine rings is 2. The number of carbonyl (C=O) groups is 1. The molecule has 2 saturated heterocycles. The van der Waals surface area contributed by atoms with Gasteiger partial charge in [-0.3, -0.25) is 9.69 Å². The number of ether oxygens (including phenoxy) is 3. The molecule has 2 aliphatic carbocycles. The molecule has 5 atom stereocenters. The molecule has 1 aromatic carbocycles. The lowest BCUT2D eigenvalue weighted by molar-refractivity contribution is -0.186. The summed E-state index contributed by atoms with van der Waals surface area (Å²) in [4.78, 5) is 15.6. The van der Waals surface area contributed by atoms with Crippen molar-refractivity contribution in [2.45, 2.75) is 103 Å². The van der Waals surface area contributed by atoms with Crippen molar-refractivity contribution in [2.75, 3.05) is 27.9 Å². The molecule has 0 spiro atoms. The maximum absolute atomic E-state index is 12.9. The van der Waals surface area contributed by atoms with Crippen LogP contribution in [-0.4, -0.2) is 49.8 Å². The lowest BCUT2D eigenvalue weighted by Gasteiger charge is -2.71. The Morgan fingerprint density at radius 2 is 1.61 bits per heavy atom. The van der Waals surface area contributed by atoms with Gasteiger partial charge in [0.2, 0.25) is 0 Å². The largest absolute Gasteiger partial charge is 0.493 e. The van der Waals surface area contributed by atoms with Crippen molar-refractivity contribution >= 4 is 5.97 Å². The van der Waals surface area contributed by atoms with E-state index in [0.717, 1.165) is 56.6 Å². The van der Waals surface area contributed by atoms with Crippen LogP contribution in [0, 0.1) is 17.8 Å². The molecule has 0 N–H and O–H groups in total. The Morgan fingerprint density at radius 3 is 2.25 bits per heavy atom. The SMILES string of the molecule is COC(=O)[C@]1(C)CC[C@]2(C)CC[C@]3(C)C4=CCc5c(cc(OC)c(OC)c5C)[C@]4(C)CC[C@@]3(C)N2C1. The second kappa shape index (κ2) is 7.99. The van der Waals surface area contributed by atoms with Crippen LogP contribution in [0.25, 0.3) is 0 Å². The predicted octanol–water partition coefficient (Wildman–Crippen LogP) is 6.14. The molecular weight excluding hydrogens is 450 g/mol. The summed E-state index contributed by atoms with van der Waals surface area (Å²) in [6.45, 7) is 14.9. The molecule has 5 nitrogen and oxygen atoms in total. The van der Waals surface area contributed by atoms with Crippen molar-refractivity contribution in [3.63, 3.8) is 0 Å². The lowest BCUT2D eigenvalue weighted by atomic mass is 9.44. The Balaban J connectivity index is 1.61. The van der Waals surface area contributed by atoms with Crippen molar-refractivity contribution in [1.29, 1.82) is 0 Å². The average Bonchev–Trinajstić information content (AvgIpc) is 2.86. The molecule has 2 heterocycles. The molecule has 0 amide bonds. The van der Waals surface area contributed by atoms with Gasteiger partial charge in [0, 0.05) is 28.5 Å². The fourth-order valence-corrected chi connectivity index (χ4v) is 8.80. The predicted molar refractivity (Wildman–Crippen MR) is 143 cm³/mol. The van der Waals surface area contributed by atoms with E-state index in [1.807, 2.05) is 0 Å². The Hall–Kier alpha value is -2.01. The maximum Gasteiger partial charge on any atom is 0.312 e. The van der Waals surface area contributed by atoms with E-state index in [2.05, 4.69) is 58.6 Å². The highest BCUT2D eigenvalue weighted by Gasteiger charge is 2.66. The number of carbonyl (C=O) groups excluding carboxylic acids is 1. The summed E-state index contributed by atoms with van der Waals surface area (Å²) in [5.74, 6) is 1.62. The number of nitrogens with zero attached hydrogens (tertiary/aromatic N) is 1. The fourth-order valence-electron chi connectivity index (χ4n) is 8.80. The smallest absolute Gasteiger partial charge is 0.312 e. The fraction of sp³-hybridized carbons (Fsp3) is 0.710. The van der Waals surface area contributed by atoms with Gasteiger partial charge in [0.15, 0.2) is 11.5 Å². The van der Waals surface area contributed by atoms with Crippen LogP contribution in [0.1, 0.15) is 89.8 Å². The van der Waals surface area contributed by atoms with Crippen LogP contribution in [0.15, 0.2) is 17.7 Å². The Labute approximate surface area is 217 Å². The zero-order chi connectivity index (χ0) is 26.3. The minimum Gasteiger partial charge on any atom is -0.493 e. The Morgan fingerprint density at radius 1 is 0.917 bits per heavy atom. The summed E-state index contributed by atoms with van der Waals surface area (Å²) in [5, 5.41) is 0. The van der Waals surface area contributed by atoms with Gasteiger partial charge in [-0.15, -0.1) is 0 Å². The van der Waals surface area contributed by atoms with Gasteiger partial charge < -0.3 is 14.2 Å². The quantitative estimate of drug-likeness (QED) is 0.372. The van der Waals surface area contributed by atoms with Crippen molar-refractivity contribution < 1.29 is 19.0 Å². The second-order valence-corrected chi connectivity index (χ2v) is 13.2. The van der Waals surface area contributed by atoms with Gasteiger partial charge >= 0.3 is 5.97 Å². The average molecular weight is 496 g/mol. The maximum atomic E-state index is 12.9. The van der Waals surface area contributed by atoms with E-state index in [9.17, 15) is 4.79 Å². The molecule has 0 unspecified atom stereocenters. The van der Waals surface area contributed by atoms with E-state index in [1.54, 1.807) is 19.8 Å². The highest BCUT2D eigenvalue weighted by molar-refractivity contribution is 5.77.